The SMILES string of the molecule is O=C(O)N[C@H]1CCCCC1=O. The first kappa shape index (κ1) is 8.04. The maximum atomic E-state index is 11.0. The van der Waals surface area contributed by atoms with Gasteiger partial charge in [0.1, 0.15) is 0 Å². The molecule has 0 radical (unpaired) electrons. The van der Waals surface area contributed by atoms with Gasteiger partial charge in [0.25, 0.3) is 0 Å². The molecule has 0 aromatic carbocycles. The first-order valence-corrected chi connectivity index (χ1v) is 3.72. The minimum atomic E-state index is -1.11. The predicted molar refractivity (Wildman–Crippen MR) is 38.4 cm³/mol. The highest BCUT2D eigenvalue weighted by Crippen LogP contribution is 2.13. The Bertz CT molecular complexity index is 179. The summed E-state index contributed by atoms with van der Waals surface area (Å²) in [6.45, 7) is 0. The zero-order valence-corrected chi connectivity index (χ0v) is 6.17. The van der Waals surface area contributed by atoms with Crippen LogP contribution >= 0.6 is 0 Å². The Morgan fingerprint density at radius 1 is 1.55 bits per heavy atom. The maximum Gasteiger partial charge on any atom is 0.405 e. The maximum absolute atomic E-state index is 11.0. The van der Waals surface area contributed by atoms with Crippen molar-refractivity contribution in [2.75, 3.05) is 0 Å². The van der Waals surface area contributed by atoms with E-state index in [1.165, 1.54) is 0 Å². The quantitative estimate of drug-likeness (QED) is 0.590. The molecule has 11 heavy (non-hydrogen) atoms. The van der Waals surface area contributed by atoms with Crippen molar-refractivity contribution in [2.24, 2.45) is 0 Å². The number of Topliss-reactive ketones (excluding diaryl/α,β-unsaturated/α-hetero) is 1. The molecule has 1 rings (SSSR count). The Balaban J connectivity index is 2.42. The van der Waals surface area contributed by atoms with Crippen LogP contribution in [0.15, 0.2) is 0 Å². The summed E-state index contributed by atoms with van der Waals surface area (Å²) in [5.74, 6) is 0.0265. The van der Waals surface area contributed by atoms with Crippen molar-refractivity contribution in [1.29, 1.82) is 0 Å². The van der Waals surface area contributed by atoms with Gasteiger partial charge in [-0.2, -0.15) is 0 Å². The summed E-state index contributed by atoms with van der Waals surface area (Å²) in [6.07, 6.45) is 1.91. The van der Waals surface area contributed by atoms with Crippen LogP contribution in [0.2, 0.25) is 0 Å². The first-order valence-electron chi connectivity index (χ1n) is 3.72. The van der Waals surface area contributed by atoms with E-state index < -0.39 is 12.1 Å². The van der Waals surface area contributed by atoms with Crippen LogP contribution in [0.4, 0.5) is 4.79 Å². The zero-order chi connectivity index (χ0) is 8.27. The summed E-state index contributed by atoms with van der Waals surface area (Å²) in [7, 11) is 0. The molecule has 4 heteroatoms. The van der Waals surface area contributed by atoms with Crippen LogP contribution in [0.3, 0.4) is 0 Å². The normalized spacial score (nSPS) is 24.7. The van der Waals surface area contributed by atoms with E-state index in [9.17, 15) is 9.59 Å². The lowest BCUT2D eigenvalue weighted by Gasteiger charge is -2.19. The lowest BCUT2D eigenvalue weighted by atomic mass is 9.94. The van der Waals surface area contributed by atoms with Crippen LogP contribution in [0.1, 0.15) is 25.7 Å². The third-order valence-electron chi connectivity index (χ3n) is 1.85. The van der Waals surface area contributed by atoms with E-state index in [-0.39, 0.29) is 5.78 Å². The second-order valence-electron chi connectivity index (χ2n) is 2.71. The second-order valence-corrected chi connectivity index (χ2v) is 2.71. The topological polar surface area (TPSA) is 66.4 Å². The number of carboxylic acid groups (broad SMARTS) is 1. The summed E-state index contributed by atoms with van der Waals surface area (Å²) < 4.78 is 0. The minimum Gasteiger partial charge on any atom is -0.465 e. The van der Waals surface area contributed by atoms with Crippen LogP contribution in [0.25, 0.3) is 0 Å². The van der Waals surface area contributed by atoms with Gasteiger partial charge in [0.2, 0.25) is 0 Å². The van der Waals surface area contributed by atoms with Crippen molar-refractivity contribution in [3.05, 3.63) is 0 Å². The van der Waals surface area contributed by atoms with Gasteiger partial charge >= 0.3 is 6.09 Å². The highest BCUT2D eigenvalue weighted by atomic mass is 16.4. The molecule has 62 valence electrons. The molecule has 1 fully saturated rings. The summed E-state index contributed by atoms with van der Waals surface area (Å²) >= 11 is 0. The predicted octanol–water partition coefficient (Wildman–Crippen LogP) is 0.766. The lowest BCUT2D eigenvalue weighted by molar-refractivity contribution is -0.122. The molecule has 2 N–H and O–H groups in total. The molecule has 4 nitrogen and oxygen atoms in total. The van der Waals surface area contributed by atoms with Crippen LogP contribution in [0, 0.1) is 0 Å². The van der Waals surface area contributed by atoms with E-state index in [1.54, 1.807) is 0 Å². The van der Waals surface area contributed by atoms with Gasteiger partial charge in [0.15, 0.2) is 5.78 Å². The molecule has 1 aliphatic carbocycles. The van der Waals surface area contributed by atoms with Gasteiger partial charge in [0.05, 0.1) is 6.04 Å². The van der Waals surface area contributed by atoms with Crippen molar-refractivity contribution in [2.45, 2.75) is 31.7 Å². The number of rotatable bonds is 1. The molecule has 0 aliphatic heterocycles. The van der Waals surface area contributed by atoms with Crippen molar-refractivity contribution >= 4 is 11.9 Å². The monoisotopic (exact) mass is 157 g/mol. The summed E-state index contributed by atoms with van der Waals surface area (Å²) in [5.41, 5.74) is 0. The van der Waals surface area contributed by atoms with Gasteiger partial charge in [0, 0.05) is 6.42 Å². The number of carbonyl (C=O) groups is 2. The third-order valence-corrected chi connectivity index (χ3v) is 1.85. The van der Waals surface area contributed by atoms with E-state index in [0.717, 1.165) is 12.8 Å². The molecule has 0 heterocycles. The summed E-state index contributed by atoms with van der Waals surface area (Å²) in [6, 6.07) is -0.443. The molecule has 1 aliphatic rings. The van der Waals surface area contributed by atoms with E-state index in [1.807, 2.05) is 0 Å². The number of hydrogen-bond donors (Lipinski definition) is 2. The average molecular weight is 157 g/mol. The zero-order valence-electron chi connectivity index (χ0n) is 6.17. The van der Waals surface area contributed by atoms with Crippen molar-refractivity contribution in [1.82, 2.24) is 5.32 Å². The van der Waals surface area contributed by atoms with Crippen LogP contribution < -0.4 is 5.32 Å². The fourth-order valence-corrected chi connectivity index (χ4v) is 1.28. The Kier molecular flexibility index (Phi) is 2.46. The van der Waals surface area contributed by atoms with Gasteiger partial charge in [-0.05, 0) is 12.8 Å². The second kappa shape index (κ2) is 3.37. The highest BCUT2D eigenvalue weighted by Gasteiger charge is 2.22. The van der Waals surface area contributed by atoms with Gasteiger partial charge < -0.3 is 10.4 Å². The number of amides is 1. The Morgan fingerprint density at radius 2 is 2.27 bits per heavy atom. The fourth-order valence-electron chi connectivity index (χ4n) is 1.28. The summed E-state index contributed by atoms with van der Waals surface area (Å²) in [5, 5.41) is 10.5. The molecular formula is C7H11NO3. The molecule has 1 atom stereocenters. The number of carbonyl (C=O) groups excluding carboxylic acids is 1. The molecule has 1 saturated carbocycles. The molecule has 1 amide bonds. The Morgan fingerprint density at radius 3 is 2.82 bits per heavy atom. The largest absolute Gasteiger partial charge is 0.465 e. The van der Waals surface area contributed by atoms with Crippen molar-refractivity contribution < 1.29 is 14.7 Å². The molecule has 0 aromatic heterocycles. The highest BCUT2D eigenvalue weighted by molar-refractivity contribution is 5.87. The fraction of sp³-hybridized carbons (Fsp3) is 0.714. The average Bonchev–Trinajstić information content (AvgIpc) is 1.93. The molecule has 0 aromatic rings. The Labute approximate surface area is 64.6 Å². The first-order chi connectivity index (χ1) is 5.20. The standard InChI is InChI=1S/C7H11NO3/c9-6-4-2-1-3-5(6)8-7(10)11/h5,8H,1-4H2,(H,10,11)/t5-/m0/s1. The van der Waals surface area contributed by atoms with E-state index in [4.69, 9.17) is 5.11 Å². The molecular weight excluding hydrogens is 146 g/mol. The van der Waals surface area contributed by atoms with Crippen LogP contribution in [-0.2, 0) is 4.79 Å². The molecule has 0 bridgehead atoms. The van der Waals surface area contributed by atoms with Gasteiger partial charge in [-0.1, -0.05) is 6.42 Å². The van der Waals surface area contributed by atoms with Gasteiger partial charge in [-0.25, -0.2) is 4.79 Å². The molecule has 0 unspecified atom stereocenters. The third kappa shape index (κ3) is 2.22. The number of nitrogens with one attached hydrogen (secondary N) is 1. The van der Waals surface area contributed by atoms with Gasteiger partial charge in [-0.3, -0.25) is 4.79 Å². The minimum absolute atomic E-state index is 0.0265. The Hall–Kier alpha value is -1.06. The van der Waals surface area contributed by atoms with Crippen LogP contribution in [0.5, 0.6) is 0 Å². The van der Waals surface area contributed by atoms with E-state index in [0.29, 0.717) is 12.8 Å². The number of hydrogen-bond acceptors (Lipinski definition) is 2. The van der Waals surface area contributed by atoms with Crippen LogP contribution in [-0.4, -0.2) is 23.0 Å². The molecule has 0 spiro atoms. The smallest absolute Gasteiger partial charge is 0.405 e. The lowest BCUT2D eigenvalue weighted by Crippen LogP contribution is -2.41. The van der Waals surface area contributed by atoms with Crippen molar-refractivity contribution in [3.8, 4) is 0 Å². The summed E-state index contributed by atoms with van der Waals surface area (Å²) in [4.78, 5) is 21.2. The van der Waals surface area contributed by atoms with E-state index in [2.05, 4.69) is 5.32 Å². The number of ketones is 1. The van der Waals surface area contributed by atoms with E-state index >= 15 is 0 Å². The van der Waals surface area contributed by atoms with Gasteiger partial charge in [-0.15, -0.1) is 0 Å². The molecule has 0 saturated heterocycles. The van der Waals surface area contributed by atoms with Crippen molar-refractivity contribution in [3.63, 3.8) is 0 Å².